The van der Waals surface area contributed by atoms with Crippen molar-refractivity contribution >= 4 is 23.5 Å². The number of hydrogen-bond donors (Lipinski definition) is 1. The Hall–Kier alpha value is -2.37. The van der Waals surface area contributed by atoms with E-state index in [9.17, 15) is 14.4 Å². The number of likely N-dealkylation sites (N-methyl/N-ethyl adjacent to an activating group) is 1. The fraction of sp³-hybridized carbons (Fsp3) is 0.625. The molecule has 0 aromatic heterocycles. The monoisotopic (exact) mass is 412 g/mol. The molecule has 1 aromatic rings. The molecule has 0 radical (unpaired) electrons. The zero-order valence-corrected chi connectivity index (χ0v) is 17.9. The van der Waals surface area contributed by atoms with Crippen molar-refractivity contribution in [3.05, 3.63) is 30.3 Å². The first-order valence-electron chi connectivity index (χ1n) is 11.1. The Morgan fingerprint density at radius 1 is 1.07 bits per heavy atom. The third-order valence-corrected chi connectivity index (χ3v) is 7.26. The zero-order valence-electron chi connectivity index (χ0n) is 17.9. The van der Waals surface area contributed by atoms with Crippen LogP contribution in [0.15, 0.2) is 30.3 Å². The molecule has 4 fully saturated rings. The van der Waals surface area contributed by atoms with Crippen LogP contribution >= 0.6 is 0 Å². The van der Waals surface area contributed by atoms with Crippen molar-refractivity contribution in [3.8, 4) is 0 Å². The molecule has 162 valence electrons. The van der Waals surface area contributed by atoms with E-state index in [1.807, 2.05) is 30.3 Å². The van der Waals surface area contributed by atoms with Crippen molar-refractivity contribution in [2.45, 2.75) is 58.0 Å². The van der Waals surface area contributed by atoms with E-state index in [-0.39, 0.29) is 23.8 Å². The van der Waals surface area contributed by atoms with Crippen molar-refractivity contribution in [1.29, 1.82) is 0 Å². The van der Waals surface area contributed by atoms with Gasteiger partial charge in [-0.05, 0) is 80.8 Å². The van der Waals surface area contributed by atoms with Gasteiger partial charge in [-0.1, -0.05) is 18.2 Å². The van der Waals surface area contributed by atoms with Gasteiger partial charge in [0, 0.05) is 19.2 Å². The quantitative estimate of drug-likeness (QED) is 0.697. The molecule has 2 amide bonds. The fourth-order valence-corrected chi connectivity index (χ4v) is 6.42. The summed E-state index contributed by atoms with van der Waals surface area (Å²) in [5.74, 6) is 1.41. The highest BCUT2D eigenvalue weighted by molar-refractivity contribution is 5.97. The Bertz CT molecular complexity index is 771. The van der Waals surface area contributed by atoms with Crippen LogP contribution in [0.3, 0.4) is 0 Å². The molecule has 0 aliphatic heterocycles. The van der Waals surface area contributed by atoms with Gasteiger partial charge in [-0.3, -0.25) is 14.4 Å². The average Bonchev–Trinajstić information content (AvgIpc) is 2.70. The minimum Gasteiger partial charge on any atom is -0.451 e. The van der Waals surface area contributed by atoms with E-state index < -0.39 is 12.1 Å². The van der Waals surface area contributed by atoms with Crippen molar-refractivity contribution < 1.29 is 19.1 Å². The first-order chi connectivity index (χ1) is 14.3. The number of nitrogens with one attached hydrogen (secondary N) is 1. The number of carbonyl (C=O) groups is 3. The fourth-order valence-electron chi connectivity index (χ4n) is 6.42. The molecule has 0 spiro atoms. The second-order valence-corrected chi connectivity index (χ2v) is 9.74. The largest absolute Gasteiger partial charge is 0.451 e. The Kier molecular flexibility index (Phi) is 5.85. The number of para-hydroxylation sites is 1. The highest BCUT2D eigenvalue weighted by Gasteiger charge is 2.51. The van der Waals surface area contributed by atoms with Gasteiger partial charge in [0.2, 0.25) is 5.91 Å². The maximum Gasteiger partial charge on any atom is 0.326 e. The number of hydrogen-bond acceptors (Lipinski definition) is 4. The minimum absolute atomic E-state index is 0.0747. The van der Waals surface area contributed by atoms with Gasteiger partial charge in [-0.25, -0.2) is 0 Å². The molecule has 4 aliphatic carbocycles. The Labute approximate surface area is 178 Å². The third-order valence-electron chi connectivity index (χ3n) is 7.26. The third kappa shape index (κ3) is 4.52. The molecule has 30 heavy (non-hydrogen) atoms. The van der Waals surface area contributed by atoms with Crippen LogP contribution in [0, 0.1) is 23.2 Å². The molecule has 6 nitrogen and oxygen atoms in total. The van der Waals surface area contributed by atoms with Gasteiger partial charge in [0.05, 0.1) is 0 Å². The molecule has 4 bridgehead atoms. The number of anilines is 1. The second kappa shape index (κ2) is 8.40. The summed E-state index contributed by atoms with van der Waals surface area (Å²) in [6, 6.07) is 9.19. The lowest BCUT2D eigenvalue weighted by Crippen LogP contribution is -2.48. The Morgan fingerprint density at radius 3 is 2.20 bits per heavy atom. The molecule has 0 heterocycles. The van der Waals surface area contributed by atoms with Crippen molar-refractivity contribution in [2.75, 3.05) is 18.5 Å². The number of ether oxygens (including phenoxy) is 1. The Morgan fingerprint density at radius 2 is 1.63 bits per heavy atom. The topological polar surface area (TPSA) is 75.7 Å². The number of nitrogens with zero attached hydrogens (tertiary/aromatic N) is 1. The molecule has 5 rings (SSSR count). The molecule has 4 saturated carbocycles. The van der Waals surface area contributed by atoms with Crippen molar-refractivity contribution in [3.63, 3.8) is 0 Å². The summed E-state index contributed by atoms with van der Waals surface area (Å²) < 4.78 is 5.25. The van der Waals surface area contributed by atoms with E-state index in [0.29, 0.717) is 6.42 Å². The standard InChI is InChI=1S/C24H32N2O4/c1-16(23(29)26(2)20-6-4-3-5-7-20)30-22(28)15-25-21(27)14-24-11-17-8-18(12-24)10-19(9-17)13-24/h3-7,16-19H,8-15H2,1-2H3,(H,25,27)/t16-,17?,18?,19?,24?/m1/s1. The summed E-state index contributed by atoms with van der Waals surface area (Å²) in [5.41, 5.74) is 0.874. The molecule has 6 heteroatoms. The zero-order chi connectivity index (χ0) is 21.3. The first kappa shape index (κ1) is 20.9. The Balaban J connectivity index is 1.23. The van der Waals surface area contributed by atoms with Gasteiger partial charge in [0.15, 0.2) is 6.10 Å². The lowest BCUT2D eigenvalue weighted by molar-refractivity contribution is -0.153. The van der Waals surface area contributed by atoms with Crippen molar-refractivity contribution in [2.24, 2.45) is 23.2 Å². The molecular weight excluding hydrogens is 380 g/mol. The summed E-state index contributed by atoms with van der Waals surface area (Å²) in [7, 11) is 1.65. The predicted molar refractivity (Wildman–Crippen MR) is 114 cm³/mol. The molecule has 1 aromatic carbocycles. The van der Waals surface area contributed by atoms with Gasteiger partial charge in [0.1, 0.15) is 6.54 Å². The summed E-state index contributed by atoms with van der Waals surface area (Å²) in [4.78, 5) is 38.7. The molecule has 4 aliphatic rings. The van der Waals surface area contributed by atoms with Gasteiger partial charge in [-0.15, -0.1) is 0 Å². The van der Waals surface area contributed by atoms with E-state index in [0.717, 1.165) is 42.7 Å². The summed E-state index contributed by atoms with van der Waals surface area (Å²) in [6.45, 7) is 1.36. The van der Waals surface area contributed by atoms with Crippen LogP contribution in [0.25, 0.3) is 0 Å². The summed E-state index contributed by atoms with van der Waals surface area (Å²) in [5, 5.41) is 2.72. The number of esters is 1. The number of rotatable bonds is 7. The van der Waals surface area contributed by atoms with Gasteiger partial charge in [0.25, 0.3) is 5.91 Å². The molecule has 1 N–H and O–H groups in total. The number of benzene rings is 1. The smallest absolute Gasteiger partial charge is 0.326 e. The van der Waals surface area contributed by atoms with E-state index in [2.05, 4.69) is 5.32 Å². The van der Waals surface area contributed by atoms with Crippen LogP contribution in [0.4, 0.5) is 5.69 Å². The first-order valence-corrected chi connectivity index (χ1v) is 11.1. The second-order valence-electron chi connectivity index (χ2n) is 9.74. The average molecular weight is 413 g/mol. The van der Waals surface area contributed by atoms with Crippen LogP contribution < -0.4 is 10.2 Å². The number of carbonyl (C=O) groups excluding carboxylic acids is 3. The maximum absolute atomic E-state index is 12.6. The van der Waals surface area contributed by atoms with Crippen molar-refractivity contribution in [1.82, 2.24) is 5.32 Å². The van der Waals surface area contributed by atoms with Crippen LogP contribution in [0.1, 0.15) is 51.9 Å². The van der Waals surface area contributed by atoms with E-state index in [4.69, 9.17) is 4.74 Å². The van der Waals surface area contributed by atoms with Crippen LogP contribution in [-0.2, 0) is 19.1 Å². The molecule has 0 saturated heterocycles. The van der Waals surface area contributed by atoms with Gasteiger partial charge in [-0.2, -0.15) is 0 Å². The predicted octanol–water partition coefficient (Wildman–Crippen LogP) is 3.30. The normalized spacial score (nSPS) is 29.9. The lowest BCUT2D eigenvalue weighted by atomic mass is 9.49. The lowest BCUT2D eigenvalue weighted by Gasteiger charge is -2.56. The molecular formula is C24H32N2O4. The van der Waals surface area contributed by atoms with Gasteiger partial charge < -0.3 is 15.0 Å². The highest BCUT2D eigenvalue weighted by Crippen LogP contribution is 2.61. The maximum atomic E-state index is 12.6. The number of amides is 2. The van der Waals surface area contributed by atoms with Crippen LogP contribution in [0.2, 0.25) is 0 Å². The highest BCUT2D eigenvalue weighted by atomic mass is 16.5. The van der Waals surface area contributed by atoms with E-state index in [1.165, 1.54) is 24.2 Å². The summed E-state index contributed by atoms with van der Waals surface area (Å²) >= 11 is 0. The molecule has 0 unspecified atom stereocenters. The minimum atomic E-state index is -0.914. The van der Waals surface area contributed by atoms with Crippen LogP contribution in [0.5, 0.6) is 0 Å². The van der Waals surface area contributed by atoms with Gasteiger partial charge >= 0.3 is 5.97 Å². The SMILES string of the molecule is C[C@@H](OC(=O)CNC(=O)CC12CC3CC(CC(C3)C1)C2)C(=O)N(C)c1ccccc1. The van der Waals surface area contributed by atoms with E-state index in [1.54, 1.807) is 14.0 Å². The van der Waals surface area contributed by atoms with Crippen LogP contribution in [-0.4, -0.2) is 37.5 Å². The summed E-state index contributed by atoms with van der Waals surface area (Å²) in [6.07, 6.45) is 7.11. The van der Waals surface area contributed by atoms with E-state index >= 15 is 0 Å². The molecule has 1 atom stereocenters.